The predicted molar refractivity (Wildman–Crippen MR) is 83.2 cm³/mol. The standard InChI is InChI=1S/C16H16N2O6/c1-23-15(19)7-8-17(11-14-6-3-9-24-14)16(20)12-4-2-5-13(10-12)18(21)22/h2-6,9-10H,7-8,11H2,1H3. The first-order valence-corrected chi connectivity index (χ1v) is 7.14. The quantitative estimate of drug-likeness (QED) is 0.438. The van der Waals surface area contributed by atoms with Crippen molar-refractivity contribution >= 4 is 17.6 Å². The zero-order valence-electron chi connectivity index (χ0n) is 13.0. The smallest absolute Gasteiger partial charge is 0.307 e. The van der Waals surface area contributed by atoms with Gasteiger partial charge in [-0.05, 0) is 18.2 Å². The molecule has 0 bridgehead atoms. The number of amides is 1. The number of hydrogen-bond acceptors (Lipinski definition) is 6. The van der Waals surface area contributed by atoms with E-state index in [0.29, 0.717) is 5.76 Å². The highest BCUT2D eigenvalue weighted by atomic mass is 16.6. The third-order valence-electron chi connectivity index (χ3n) is 3.33. The third-order valence-corrected chi connectivity index (χ3v) is 3.33. The van der Waals surface area contributed by atoms with Gasteiger partial charge in [-0.2, -0.15) is 0 Å². The molecule has 2 aromatic rings. The van der Waals surface area contributed by atoms with Crippen molar-refractivity contribution in [3.05, 3.63) is 64.1 Å². The van der Waals surface area contributed by atoms with E-state index in [1.54, 1.807) is 12.1 Å². The second kappa shape index (κ2) is 7.91. The monoisotopic (exact) mass is 332 g/mol. The molecule has 0 fully saturated rings. The number of ether oxygens (including phenoxy) is 1. The van der Waals surface area contributed by atoms with Crippen molar-refractivity contribution in [2.75, 3.05) is 13.7 Å². The van der Waals surface area contributed by atoms with Gasteiger partial charge in [-0.3, -0.25) is 19.7 Å². The predicted octanol–water partition coefficient (Wildman–Crippen LogP) is 2.39. The Balaban J connectivity index is 2.20. The van der Waals surface area contributed by atoms with E-state index in [2.05, 4.69) is 4.74 Å². The van der Waals surface area contributed by atoms with Crippen molar-refractivity contribution in [3.8, 4) is 0 Å². The van der Waals surface area contributed by atoms with Crippen molar-refractivity contribution in [2.45, 2.75) is 13.0 Å². The van der Waals surface area contributed by atoms with E-state index in [1.165, 1.54) is 42.5 Å². The van der Waals surface area contributed by atoms with Crippen molar-refractivity contribution in [3.63, 3.8) is 0 Å². The number of rotatable bonds is 7. The summed E-state index contributed by atoms with van der Waals surface area (Å²) in [5.74, 6) is -0.344. The summed E-state index contributed by atoms with van der Waals surface area (Å²) < 4.78 is 9.81. The first kappa shape index (κ1) is 17.2. The van der Waals surface area contributed by atoms with E-state index in [9.17, 15) is 19.7 Å². The average Bonchev–Trinajstić information content (AvgIpc) is 3.10. The molecule has 8 heteroatoms. The largest absolute Gasteiger partial charge is 0.469 e. The molecule has 0 unspecified atom stereocenters. The molecule has 1 heterocycles. The number of non-ortho nitro benzene ring substituents is 1. The van der Waals surface area contributed by atoms with E-state index in [0.717, 1.165) is 0 Å². The van der Waals surface area contributed by atoms with Crippen LogP contribution in [-0.2, 0) is 16.1 Å². The molecule has 0 saturated carbocycles. The summed E-state index contributed by atoms with van der Waals surface area (Å²) >= 11 is 0. The van der Waals surface area contributed by atoms with Crippen LogP contribution >= 0.6 is 0 Å². The van der Waals surface area contributed by atoms with E-state index >= 15 is 0 Å². The zero-order chi connectivity index (χ0) is 17.5. The molecule has 0 aliphatic rings. The van der Waals surface area contributed by atoms with Gasteiger partial charge < -0.3 is 14.1 Å². The SMILES string of the molecule is COC(=O)CCN(Cc1ccco1)C(=O)c1cccc([N+](=O)[O-])c1. The molecule has 0 aliphatic heterocycles. The van der Waals surface area contributed by atoms with Gasteiger partial charge in [0.05, 0.1) is 31.3 Å². The summed E-state index contributed by atoms with van der Waals surface area (Å²) in [7, 11) is 1.27. The highest BCUT2D eigenvalue weighted by molar-refractivity contribution is 5.95. The first-order valence-electron chi connectivity index (χ1n) is 7.14. The van der Waals surface area contributed by atoms with Crippen LogP contribution in [0.4, 0.5) is 5.69 Å². The van der Waals surface area contributed by atoms with E-state index in [-0.39, 0.29) is 30.8 Å². The Bertz CT molecular complexity index is 726. The molecule has 1 amide bonds. The normalized spacial score (nSPS) is 10.2. The Kier molecular flexibility index (Phi) is 5.67. The maximum Gasteiger partial charge on any atom is 0.307 e. The molecule has 24 heavy (non-hydrogen) atoms. The number of nitrogens with zero attached hydrogens (tertiary/aromatic N) is 2. The Hall–Kier alpha value is -3.16. The maximum absolute atomic E-state index is 12.7. The van der Waals surface area contributed by atoms with Crippen LogP contribution in [0.5, 0.6) is 0 Å². The molecule has 1 aromatic carbocycles. The lowest BCUT2D eigenvalue weighted by Crippen LogP contribution is -2.32. The van der Waals surface area contributed by atoms with E-state index in [1.807, 2.05) is 0 Å². The van der Waals surface area contributed by atoms with Gasteiger partial charge in [0.25, 0.3) is 11.6 Å². The molecule has 0 aliphatic carbocycles. The van der Waals surface area contributed by atoms with Crippen LogP contribution in [0.2, 0.25) is 0 Å². The number of nitro groups is 1. The molecule has 126 valence electrons. The van der Waals surface area contributed by atoms with Gasteiger partial charge in [0.15, 0.2) is 0 Å². The minimum absolute atomic E-state index is 0.0118. The van der Waals surface area contributed by atoms with Gasteiger partial charge in [-0.1, -0.05) is 6.07 Å². The molecule has 1 aromatic heterocycles. The summed E-state index contributed by atoms with van der Waals surface area (Å²) in [5.41, 5.74) is -0.00705. The highest BCUT2D eigenvalue weighted by Crippen LogP contribution is 2.17. The maximum atomic E-state index is 12.7. The van der Waals surface area contributed by atoms with Crippen molar-refractivity contribution < 1.29 is 23.7 Å². The Labute approximate surface area is 137 Å². The van der Waals surface area contributed by atoms with E-state index in [4.69, 9.17) is 4.42 Å². The van der Waals surface area contributed by atoms with Gasteiger partial charge >= 0.3 is 5.97 Å². The fourth-order valence-electron chi connectivity index (χ4n) is 2.11. The lowest BCUT2D eigenvalue weighted by atomic mass is 10.1. The number of carbonyl (C=O) groups excluding carboxylic acids is 2. The second-order valence-corrected chi connectivity index (χ2v) is 4.94. The number of benzene rings is 1. The van der Waals surface area contributed by atoms with Crippen LogP contribution in [0.25, 0.3) is 0 Å². The van der Waals surface area contributed by atoms with Gasteiger partial charge in [-0.25, -0.2) is 0 Å². The minimum Gasteiger partial charge on any atom is -0.469 e. The molecule has 0 N–H and O–H groups in total. The number of furan rings is 1. The van der Waals surface area contributed by atoms with Crippen LogP contribution in [-0.4, -0.2) is 35.4 Å². The number of nitro benzene ring substituents is 1. The average molecular weight is 332 g/mol. The van der Waals surface area contributed by atoms with Gasteiger partial charge in [0.2, 0.25) is 0 Å². The number of methoxy groups -OCH3 is 1. The molecular weight excluding hydrogens is 316 g/mol. The Morgan fingerprint density at radius 1 is 1.29 bits per heavy atom. The van der Waals surface area contributed by atoms with E-state index < -0.39 is 16.8 Å². The lowest BCUT2D eigenvalue weighted by molar-refractivity contribution is -0.384. The zero-order valence-corrected chi connectivity index (χ0v) is 13.0. The number of esters is 1. The molecule has 0 saturated heterocycles. The van der Waals surface area contributed by atoms with Crippen LogP contribution in [0.15, 0.2) is 47.1 Å². The van der Waals surface area contributed by atoms with Gasteiger partial charge in [-0.15, -0.1) is 0 Å². The fraction of sp³-hybridized carbons (Fsp3) is 0.250. The summed E-state index contributed by atoms with van der Waals surface area (Å²) in [6.45, 7) is 0.250. The molecule has 0 radical (unpaired) electrons. The molecular formula is C16H16N2O6. The van der Waals surface area contributed by atoms with Crippen molar-refractivity contribution in [1.82, 2.24) is 4.90 Å². The highest BCUT2D eigenvalue weighted by Gasteiger charge is 2.20. The summed E-state index contributed by atoms with van der Waals surface area (Å²) in [5, 5.41) is 10.9. The Morgan fingerprint density at radius 3 is 2.71 bits per heavy atom. The lowest BCUT2D eigenvalue weighted by Gasteiger charge is -2.21. The summed E-state index contributed by atoms with van der Waals surface area (Å²) in [4.78, 5) is 35.7. The molecule has 2 rings (SSSR count). The topological polar surface area (TPSA) is 103 Å². The molecule has 0 atom stereocenters. The minimum atomic E-state index is -0.567. The molecule has 0 spiro atoms. The second-order valence-electron chi connectivity index (χ2n) is 4.94. The Morgan fingerprint density at radius 2 is 2.08 bits per heavy atom. The number of carbonyl (C=O) groups is 2. The van der Waals surface area contributed by atoms with Crippen molar-refractivity contribution in [2.24, 2.45) is 0 Å². The van der Waals surface area contributed by atoms with Gasteiger partial charge in [0.1, 0.15) is 5.76 Å². The van der Waals surface area contributed by atoms with Crippen LogP contribution in [0.1, 0.15) is 22.5 Å². The summed E-state index contributed by atoms with van der Waals surface area (Å²) in [6, 6.07) is 8.83. The van der Waals surface area contributed by atoms with Crippen LogP contribution in [0.3, 0.4) is 0 Å². The van der Waals surface area contributed by atoms with Crippen LogP contribution < -0.4 is 0 Å². The number of hydrogen-bond donors (Lipinski definition) is 0. The van der Waals surface area contributed by atoms with Gasteiger partial charge in [0, 0.05) is 24.2 Å². The van der Waals surface area contributed by atoms with Crippen molar-refractivity contribution in [1.29, 1.82) is 0 Å². The summed E-state index contributed by atoms with van der Waals surface area (Å²) in [6.07, 6.45) is 1.49. The first-order chi connectivity index (χ1) is 11.5. The fourth-order valence-corrected chi connectivity index (χ4v) is 2.11. The molecule has 8 nitrogen and oxygen atoms in total. The third kappa shape index (κ3) is 4.42. The van der Waals surface area contributed by atoms with Crippen LogP contribution in [0, 0.1) is 10.1 Å².